The largest absolute Gasteiger partial charge is 0.473 e. The van der Waals surface area contributed by atoms with Crippen LogP contribution in [0.2, 0.25) is 0 Å². The average molecular weight is 1890 g/mol. The van der Waals surface area contributed by atoms with Crippen molar-refractivity contribution in [2.24, 2.45) is 0 Å². The van der Waals surface area contributed by atoms with Crippen molar-refractivity contribution in [2.45, 2.75) is 161 Å². The Morgan fingerprint density at radius 1 is 0.333 bits per heavy atom. The van der Waals surface area contributed by atoms with E-state index in [0.29, 0.717) is 11.3 Å². The fraction of sp³-hybridized carbons (Fsp3) is 0.252. The molecule has 144 heavy (non-hydrogen) atoms. The first kappa shape index (κ1) is 97.5. The van der Waals surface area contributed by atoms with E-state index < -0.39 is 22.8 Å². The molecule has 0 aromatic heterocycles. The van der Waals surface area contributed by atoms with Gasteiger partial charge in [0.2, 0.25) is 0 Å². The van der Waals surface area contributed by atoms with Crippen molar-refractivity contribution in [3.63, 3.8) is 0 Å². The third kappa shape index (κ3) is 21.0. The van der Waals surface area contributed by atoms with Crippen LogP contribution in [0.5, 0.6) is 17.2 Å². The molecule has 16 aromatic rings. The van der Waals surface area contributed by atoms with Gasteiger partial charge in [0.05, 0.1) is 12.7 Å². The van der Waals surface area contributed by atoms with Crippen LogP contribution in [-0.4, -0.2) is 65.4 Å². The van der Waals surface area contributed by atoms with Crippen molar-refractivity contribution in [3.05, 3.63) is 453 Å². The standard InChI is InChI=1S/C48H47NO3.C45H46N2O.C42H39NO/c1-5-8-10-15-34-20-22-35(23-21-34)36-24-26-37(27-25-36)44-41-18-13-14-19-42(41)46-43(45(44)47(50)51-4)32-33-48(52-46,38-16-11-9-12-17-38)39-28-30-40(31-29-39)49(6-2)7-3;1-3-5-30-46(31-6-4-2)39-24-19-35(20-25-39)18-21-36-34-44-43(42-17-11-10-16-41(36)42)28-29-45(48-44,37-14-8-7-9-15-37)38-22-26-40(27-23-38)47-32-12-13-33-47;1-2-3-5-12-32-17-19-33(20-18-32)21-22-34-31-41-40(39-16-9-8-15-38(34)39)27-28-42(44-41,35-13-6-4-7-14-35)36-23-25-37(26-24-36)43-29-10-11-30-43/h9,11-14,16-33H,5-8,10,15H2,1-4H3;7-11,14-17,19-20,22-29,34H,3-6,12-13,30-33H2,1-2H3;4,6-9,13-20,23-28,31H,2-3,5,10-12,29-30H2,1H3. The lowest BCUT2D eigenvalue weighted by Crippen LogP contribution is -2.35. The smallest absolute Gasteiger partial charge is 0.339 e. The summed E-state index contributed by atoms with van der Waals surface area (Å²) in [6, 6.07) is 123. The van der Waals surface area contributed by atoms with Crippen molar-refractivity contribution in [1.82, 2.24) is 0 Å². The summed E-state index contributed by atoms with van der Waals surface area (Å²) < 4.78 is 27.1. The van der Waals surface area contributed by atoms with Gasteiger partial charge in [-0.1, -0.05) is 351 Å². The van der Waals surface area contributed by atoms with Gasteiger partial charge in [-0.25, -0.2) is 4.79 Å². The molecule has 21 rings (SSSR count). The quantitative estimate of drug-likeness (QED) is 0.0259. The van der Waals surface area contributed by atoms with Crippen molar-refractivity contribution in [3.8, 4) is 63.2 Å². The zero-order valence-corrected chi connectivity index (χ0v) is 84.7. The number of methoxy groups -OCH3 is 1. The summed E-state index contributed by atoms with van der Waals surface area (Å²) in [5, 5.41) is 6.46. The number of nitrogens with zero attached hydrogens (tertiary/aromatic N) is 4. The first-order valence-corrected chi connectivity index (χ1v) is 52.8. The van der Waals surface area contributed by atoms with Crippen LogP contribution in [0, 0.1) is 23.7 Å². The molecular formula is C135H132N4O5. The molecule has 2 fully saturated rings. The highest BCUT2D eigenvalue weighted by Gasteiger charge is 2.43. The van der Waals surface area contributed by atoms with Gasteiger partial charge in [-0.15, -0.1) is 0 Å². The number of ether oxygens (including phenoxy) is 4. The molecule has 0 spiro atoms. The third-order valence-corrected chi connectivity index (χ3v) is 29.5. The van der Waals surface area contributed by atoms with Crippen LogP contribution in [-0.2, 0) is 34.4 Å². The average Bonchev–Trinajstić information content (AvgIpc) is 0.720. The Balaban J connectivity index is 0.000000137. The summed E-state index contributed by atoms with van der Waals surface area (Å²) in [7, 11) is 1.45. The monoisotopic (exact) mass is 1890 g/mol. The van der Waals surface area contributed by atoms with Crippen LogP contribution in [0.1, 0.15) is 225 Å². The van der Waals surface area contributed by atoms with E-state index in [1.54, 1.807) is 0 Å². The molecule has 0 saturated carbocycles. The molecule has 3 unspecified atom stereocenters. The first-order valence-electron chi connectivity index (χ1n) is 52.8. The Morgan fingerprint density at radius 3 is 1.10 bits per heavy atom. The molecule has 9 heteroatoms. The molecule has 722 valence electrons. The molecule has 16 aromatic carbocycles. The second kappa shape index (κ2) is 45.7. The number of anilines is 4. The van der Waals surface area contributed by atoms with E-state index in [0.717, 1.165) is 198 Å². The number of aryl methyl sites for hydroxylation is 2. The van der Waals surface area contributed by atoms with Crippen LogP contribution in [0.3, 0.4) is 0 Å². The van der Waals surface area contributed by atoms with Gasteiger partial charge in [-0.3, -0.25) is 0 Å². The summed E-state index contributed by atoms with van der Waals surface area (Å²) in [6.07, 6.45) is 32.7. The summed E-state index contributed by atoms with van der Waals surface area (Å²) in [6.45, 7) is 21.9. The van der Waals surface area contributed by atoms with Crippen molar-refractivity contribution in [2.75, 3.05) is 79.1 Å². The maximum Gasteiger partial charge on any atom is 0.339 e. The van der Waals surface area contributed by atoms with Crippen molar-refractivity contribution >= 4 is 79.3 Å². The highest BCUT2D eigenvalue weighted by molar-refractivity contribution is 6.14. The zero-order chi connectivity index (χ0) is 98.6. The maximum absolute atomic E-state index is 13.9. The number of rotatable bonds is 29. The maximum atomic E-state index is 13.9. The predicted molar refractivity (Wildman–Crippen MR) is 604 cm³/mol. The van der Waals surface area contributed by atoms with Gasteiger partial charge in [0.1, 0.15) is 17.2 Å². The van der Waals surface area contributed by atoms with E-state index in [4.69, 9.17) is 18.9 Å². The molecule has 5 aliphatic heterocycles. The molecular weight excluding hydrogens is 1760 g/mol. The SMILES string of the molecule is CCCCCc1ccc(-c2ccc(-c3c(C(=O)OC)c4c(c5ccccc35)OC(c3ccccc3)(c3ccc(N(CC)CC)cc3)C=C4)cc2)cc1.CCCCCc1ccc(C#Cc2cc3c(c4ccccc24)C=CC(c2ccccc2)(c2ccc(N4CCCC4)cc2)O3)cc1.CCCCN(CCCC)c1ccc(C#Cc2cc3c(c4ccccc24)C=CC(c2ccccc2)(c2ccc(N4CCCC4)cc2)O3)cc1. The second-order valence-electron chi connectivity index (χ2n) is 38.7. The summed E-state index contributed by atoms with van der Waals surface area (Å²) in [5.74, 6) is 16.0. The highest BCUT2D eigenvalue weighted by Crippen LogP contribution is 2.53. The molecule has 3 atom stereocenters. The van der Waals surface area contributed by atoms with Gasteiger partial charge in [0.25, 0.3) is 0 Å². The van der Waals surface area contributed by atoms with Crippen molar-refractivity contribution < 1.29 is 23.7 Å². The van der Waals surface area contributed by atoms with E-state index in [-0.39, 0.29) is 0 Å². The van der Waals surface area contributed by atoms with Crippen molar-refractivity contribution in [1.29, 1.82) is 0 Å². The number of fused-ring (bicyclic) bond motifs is 9. The van der Waals surface area contributed by atoms with Gasteiger partial charge in [-0.05, 0) is 254 Å². The minimum atomic E-state index is -0.916. The Morgan fingerprint density at radius 2 is 0.681 bits per heavy atom. The molecule has 0 N–H and O–H groups in total. The van der Waals surface area contributed by atoms with E-state index in [1.165, 1.54) is 136 Å². The Labute approximate surface area is 853 Å². The first-order chi connectivity index (χ1) is 70.9. The van der Waals surface area contributed by atoms with E-state index in [1.807, 2.05) is 30.3 Å². The zero-order valence-electron chi connectivity index (χ0n) is 84.7. The number of hydrogen-bond donors (Lipinski definition) is 0. The molecule has 5 heterocycles. The van der Waals surface area contributed by atoms with E-state index >= 15 is 0 Å². The number of benzene rings is 16. The molecule has 0 amide bonds. The molecule has 0 aliphatic carbocycles. The number of hydrogen-bond acceptors (Lipinski definition) is 9. The predicted octanol–water partition coefficient (Wildman–Crippen LogP) is 32.4. The molecule has 2 saturated heterocycles. The summed E-state index contributed by atoms with van der Waals surface area (Å²) >= 11 is 0. The molecule has 0 bridgehead atoms. The van der Waals surface area contributed by atoms with Gasteiger partial charge in [0.15, 0.2) is 16.8 Å². The third-order valence-electron chi connectivity index (χ3n) is 29.5. The normalized spacial score (nSPS) is 16.2. The highest BCUT2D eigenvalue weighted by atomic mass is 16.5. The van der Waals surface area contributed by atoms with Gasteiger partial charge < -0.3 is 38.5 Å². The molecule has 5 aliphatic rings. The Hall–Kier alpha value is -15.3. The summed E-state index contributed by atoms with van der Waals surface area (Å²) in [5.41, 5.74) is 23.3. The minimum absolute atomic E-state index is 0.399. The Bertz CT molecular complexity index is 7340. The fourth-order valence-corrected chi connectivity index (χ4v) is 21.5. The number of esters is 1. The number of carbonyl (C=O) groups excluding carboxylic acids is 1. The van der Waals surface area contributed by atoms with Gasteiger partial charge >= 0.3 is 5.97 Å². The lowest BCUT2D eigenvalue weighted by molar-refractivity contribution is 0.0600. The van der Waals surface area contributed by atoms with Crippen LogP contribution in [0.4, 0.5) is 22.7 Å². The van der Waals surface area contributed by atoms with Crippen LogP contribution in [0.25, 0.3) is 72.8 Å². The topological polar surface area (TPSA) is 67.0 Å². The summed E-state index contributed by atoms with van der Waals surface area (Å²) in [4.78, 5) is 23.7. The number of carbonyl (C=O) groups is 1. The van der Waals surface area contributed by atoms with Crippen LogP contribution in [0.15, 0.2) is 364 Å². The molecule has 0 radical (unpaired) electrons. The lowest BCUT2D eigenvalue weighted by atomic mass is 9.81. The molecule has 9 nitrogen and oxygen atoms in total. The minimum Gasteiger partial charge on any atom is -0.473 e. The van der Waals surface area contributed by atoms with Crippen LogP contribution < -0.4 is 33.8 Å². The fourth-order valence-electron chi connectivity index (χ4n) is 21.5. The van der Waals surface area contributed by atoms with Gasteiger partial charge in [-0.2, -0.15) is 0 Å². The lowest BCUT2D eigenvalue weighted by Gasteiger charge is -2.37. The second-order valence-corrected chi connectivity index (χ2v) is 38.7. The Kier molecular flexibility index (Phi) is 31.0. The number of unbranched alkanes of at least 4 members (excludes halogenated alkanes) is 6. The van der Waals surface area contributed by atoms with Gasteiger partial charge in [0, 0.05) is 158 Å². The van der Waals surface area contributed by atoms with Crippen LogP contribution >= 0.6 is 0 Å². The van der Waals surface area contributed by atoms with E-state index in [9.17, 15) is 4.79 Å². The van der Waals surface area contributed by atoms with E-state index in [2.05, 4.69) is 437 Å².